The molecule has 3 heterocycles. The fourth-order valence-electron chi connectivity index (χ4n) is 6.39. The highest BCUT2D eigenvalue weighted by atomic mass is 32.2. The van der Waals surface area contributed by atoms with Crippen LogP contribution < -0.4 is 0 Å². The molecule has 1 saturated carbocycles. The van der Waals surface area contributed by atoms with E-state index in [1.54, 1.807) is 0 Å². The SMILES string of the molecule is CCCCCCC(F)(CC)C(/C=C/C1CCC2(OCCO2)C1CCC1SCCS1)OC1CCCCO1. The molecule has 5 atom stereocenters. The molecule has 5 unspecified atom stereocenters. The summed E-state index contributed by atoms with van der Waals surface area (Å²) in [5, 5.41) is 0. The second-order valence-corrected chi connectivity index (χ2v) is 13.9. The Labute approximate surface area is 227 Å². The minimum Gasteiger partial charge on any atom is -0.353 e. The van der Waals surface area contributed by atoms with Crippen molar-refractivity contribution < 1.29 is 23.3 Å². The molecule has 4 rings (SSSR count). The Hall–Kier alpha value is 0.210. The molecule has 0 aromatic heterocycles. The van der Waals surface area contributed by atoms with Gasteiger partial charge in [0.15, 0.2) is 12.1 Å². The first kappa shape index (κ1) is 29.2. The first-order valence-electron chi connectivity index (χ1n) is 14.7. The van der Waals surface area contributed by atoms with Crippen molar-refractivity contribution in [3.63, 3.8) is 0 Å². The van der Waals surface area contributed by atoms with Crippen LogP contribution in [0.2, 0.25) is 0 Å². The number of rotatable bonds is 14. The van der Waals surface area contributed by atoms with E-state index in [0.29, 0.717) is 49.1 Å². The zero-order chi connectivity index (χ0) is 25.3. The van der Waals surface area contributed by atoms with Crippen molar-refractivity contribution in [2.75, 3.05) is 31.3 Å². The van der Waals surface area contributed by atoms with Gasteiger partial charge in [0.05, 0.1) is 17.8 Å². The second-order valence-electron chi connectivity index (χ2n) is 11.0. The quantitative estimate of drug-likeness (QED) is 0.163. The molecule has 1 spiro atoms. The van der Waals surface area contributed by atoms with Gasteiger partial charge < -0.3 is 18.9 Å². The Morgan fingerprint density at radius 1 is 1.03 bits per heavy atom. The van der Waals surface area contributed by atoms with Gasteiger partial charge in [-0.05, 0) is 57.3 Å². The van der Waals surface area contributed by atoms with Crippen molar-refractivity contribution in [2.24, 2.45) is 11.8 Å². The van der Waals surface area contributed by atoms with Crippen molar-refractivity contribution in [2.45, 2.75) is 126 Å². The van der Waals surface area contributed by atoms with Crippen LogP contribution in [0.3, 0.4) is 0 Å². The van der Waals surface area contributed by atoms with E-state index >= 15 is 4.39 Å². The summed E-state index contributed by atoms with van der Waals surface area (Å²) in [4.78, 5) is 0. The lowest BCUT2D eigenvalue weighted by molar-refractivity contribution is -0.204. The molecule has 3 saturated heterocycles. The summed E-state index contributed by atoms with van der Waals surface area (Å²) in [6, 6.07) is 0. The van der Waals surface area contributed by atoms with Crippen LogP contribution in [0.4, 0.5) is 4.39 Å². The van der Waals surface area contributed by atoms with Gasteiger partial charge >= 0.3 is 0 Å². The molecule has 0 bridgehead atoms. The predicted molar refractivity (Wildman–Crippen MR) is 149 cm³/mol. The number of hydrogen-bond donors (Lipinski definition) is 0. The summed E-state index contributed by atoms with van der Waals surface area (Å²) in [6.07, 6.45) is 16.0. The lowest BCUT2D eigenvalue weighted by Crippen LogP contribution is -2.42. The zero-order valence-electron chi connectivity index (χ0n) is 22.6. The Morgan fingerprint density at radius 2 is 1.83 bits per heavy atom. The topological polar surface area (TPSA) is 36.9 Å². The molecule has 0 amide bonds. The normalized spacial score (nSPS) is 31.5. The highest BCUT2D eigenvalue weighted by Gasteiger charge is 2.52. The lowest BCUT2D eigenvalue weighted by atomic mass is 9.85. The number of halogens is 1. The Balaban J connectivity index is 1.47. The molecule has 0 N–H and O–H groups in total. The van der Waals surface area contributed by atoms with E-state index in [-0.39, 0.29) is 6.29 Å². The van der Waals surface area contributed by atoms with Crippen LogP contribution in [0.5, 0.6) is 0 Å². The van der Waals surface area contributed by atoms with E-state index in [9.17, 15) is 0 Å². The Kier molecular flexibility index (Phi) is 11.8. The number of allylic oxidation sites excluding steroid dienone is 1. The fraction of sp³-hybridized carbons (Fsp3) is 0.931. The van der Waals surface area contributed by atoms with Crippen LogP contribution in [0.15, 0.2) is 12.2 Å². The van der Waals surface area contributed by atoms with E-state index < -0.39 is 17.6 Å². The van der Waals surface area contributed by atoms with Gasteiger partial charge in [-0.15, -0.1) is 23.5 Å². The summed E-state index contributed by atoms with van der Waals surface area (Å²) in [6.45, 7) is 6.25. The number of thioether (sulfide) groups is 2. The molecule has 1 aliphatic carbocycles. The third-order valence-electron chi connectivity index (χ3n) is 8.60. The number of unbranched alkanes of at least 4 members (excludes halogenated alkanes) is 3. The lowest BCUT2D eigenvalue weighted by Gasteiger charge is -2.36. The molecule has 7 heteroatoms. The van der Waals surface area contributed by atoms with Crippen LogP contribution in [0, 0.1) is 11.8 Å². The monoisotopic (exact) mass is 544 g/mol. The molecular weight excluding hydrogens is 495 g/mol. The van der Waals surface area contributed by atoms with Gasteiger partial charge in [-0.3, -0.25) is 0 Å². The Morgan fingerprint density at radius 3 is 2.53 bits per heavy atom. The Bertz CT molecular complexity index is 662. The summed E-state index contributed by atoms with van der Waals surface area (Å²) in [7, 11) is 0. The van der Waals surface area contributed by atoms with Gasteiger partial charge in [0.2, 0.25) is 0 Å². The van der Waals surface area contributed by atoms with E-state index in [4.69, 9.17) is 18.9 Å². The van der Waals surface area contributed by atoms with Gasteiger partial charge in [0.1, 0.15) is 11.8 Å². The maximum atomic E-state index is 16.5. The zero-order valence-corrected chi connectivity index (χ0v) is 24.2. The maximum Gasteiger partial charge on any atom is 0.171 e. The van der Waals surface area contributed by atoms with Crippen LogP contribution >= 0.6 is 23.5 Å². The van der Waals surface area contributed by atoms with Gasteiger partial charge in [-0.2, -0.15) is 0 Å². The van der Waals surface area contributed by atoms with Gasteiger partial charge in [-0.1, -0.05) is 51.7 Å². The van der Waals surface area contributed by atoms with Gasteiger partial charge in [0.25, 0.3) is 0 Å². The summed E-state index contributed by atoms with van der Waals surface area (Å²) < 4.78 is 42.0. The second kappa shape index (κ2) is 14.6. The molecule has 0 aromatic rings. The van der Waals surface area contributed by atoms with Crippen LogP contribution in [0.1, 0.15) is 97.3 Å². The van der Waals surface area contributed by atoms with Gasteiger partial charge in [0, 0.05) is 30.5 Å². The van der Waals surface area contributed by atoms with E-state index in [2.05, 4.69) is 42.6 Å². The fourth-order valence-corrected chi connectivity index (χ4v) is 9.26. The molecule has 3 aliphatic heterocycles. The van der Waals surface area contributed by atoms with E-state index in [0.717, 1.165) is 64.2 Å². The van der Waals surface area contributed by atoms with Crippen molar-refractivity contribution in [1.82, 2.24) is 0 Å². The van der Waals surface area contributed by atoms with Crippen LogP contribution in [-0.4, -0.2) is 59.8 Å². The minimum absolute atomic E-state index is 0.297. The van der Waals surface area contributed by atoms with Crippen molar-refractivity contribution >= 4 is 23.5 Å². The van der Waals surface area contributed by atoms with Crippen molar-refractivity contribution in [1.29, 1.82) is 0 Å². The molecule has 4 nitrogen and oxygen atoms in total. The van der Waals surface area contributed by atoms with Crippen LogP contribution in [-0.2, 0) is 18.9 Å². The summed E-state index contributed by atoms with van der Waals surface area (Å²) >= 11 is 4.19. The number of ether oxygens (including phenoxy) is 4. The molecular formula is C29H49FO4S2. The predicted octanol–water partition coefficient (Wildman–Crippen LogP) is 7.90. The minimum atomic E-state index is -1.37. The average molecular weight is 545 g/mol. The molecule has 4 fully saturated rings. The largest absolute Gasteiger partial charge is 0.353 e. The summed E-state index contributed by atoms with van der Waals surface area (Å²) in [5.41, 5.74) is -1.37. The van der Waals surface area contributed by atoms with E-state index in [1.807, 2.05) is 6.92 Å². The molecule has 0 radical (unpaired) electrons. The first-order valence-corrected chi connectivity index (χ1v) is 16.8. The van der Waals surface area contributed by atoms with Crippen molar-refractivity contribution in [3.05, 3.63) is 12.2 Å². The molecule has 0 aromatic carbocycles. The number of alkyl halides is 1. The smallest absolute Gasteiger partial charge is 0.171 e. The van der Waals surface area contributed by atoms with E-state index in [1.165, 1.54) is 17.9 Å². The maximum absolute atomic E-state index is 16.5. The highest BCUT2D eigenvalue weighted by molar-refractivity contribution is 8.20. The molecule has 208 valence electrons. The third-order valence-corrected chi connectivity index (χ3v) is 11.8. The van der Waals surface area contributed by atoms with Gasteiger partial charge in [-0.25, -0.2) is 4.39 Å². The van der Waals surface area contributed by atoms with Crippen molar-refractivity contribution in [3.8, 4) is 0 Å². The average Bonchev–Trinajstić information content (AvgIpc) is 3.67. The standard InChI is InChI=1S/C29H49FO4S2/c1-3-5-6-8-16-28(30,4-2)25(34-26-10-7-9-18-31-26)13-11-23-15-17-29(32-19-20-33-29)24(23)12-14-27-35-21-22-36-27/h11,13,23-27H,3-10,12,14-22H2,1-2H3/b13-11+. The molecule has 36 heavy (non-hydrogen) atoms. The summed E-state index contributed by atoms with van der Waals surface area (Å²) in [5.74, 6) is 2.74. The highest BCUT2D eigenvalue weighted by Crippen LogP contribution is 2.50. The molecule has 4 aliphatic rings. The van der Waals surface area contributed by atoms with Crippen LogP contribution in [0.25, 0.3) is 0 Å². The third kappa shape index (κ3) is 7.65. The first-order chi connectivity index (χ1) is 17.6. The number of hydrogen-bond acceptors (Lipinski definition) is 6.